The molecule has 0 atom stereocenters. The highest BCUT2D eigenvalue weighted by Gasteiger charge is 2.28. The van der Waals surface area contributed by atoms with Gasteiger partial charge in [0, 0.05) is 11.7 Å². The van der Waals surface area contributed by atoms with E-state index in [-0.39, 0.29) is 0 Å². The van der Waals surface area contributed by atoms with E-state index in [1.54, 1.807) is 6.07 Å². The topological polar surface area (TPSA) is 29.0 Å². The summed E-state index contributed by atoms with van der Waals surface area (Å²) in [7, 11) is 0. The van der Waals surface area contributed by atoms with Gasteiger partial charge in [0.1, 0.15) is 11.0 Å². The molecular formula is C13H20ClN3. The molecule has 94 valence electrons. The normalized spacial score (nSPS) is 15.5. The van der Waals surface area contributed by atoms with Crippen molar-refractivity contribution in [3.8, 4) is 0 Å². The van der Waals surface area contributed by atoms with Crippen LogP contribution in [0.1, 0.15) is 44.1 Å². The summed E-state index contributed by atoms with van der Waals surface area (Å²) in [5.41, 5.74) is 0.950. The Morgan fingerprint density at radius 2 is 2.18 bits per heavy atom. The van der Waals surface area contributed by atoms with E-state index in [4.69, 9.17) is 11.6 Å². The molecule has 1 heterocycles. The summed E-state index contributed by atoms with van der Waals surface area (Å²) >= 11 is 5.96. The Hall–Kier alpha value is -0.670. The molecule has 0 spiro atoms. The van der Waals surface area contributed by atoms with E-state index < -0.39 is 0 Å². The molecule has 0 saturated heterocycles. The van der Waals surface area contributed by atoms with Crippen molar-refractivity contribution >= 4 is 11.6 Å². The number of hydrogen-bond acceptors (Lipinski definition) is 3. The molecule has 4 heteroatoms. The average Bonchev–Trinajstić information content (AvgIpc) is 3.06. The lowest BCUT2D eigenvalue weighted by Crippen LogP contribution is -2.27. The molecule has 0 radical (unpaired) electrons. The fraction of sp³-hybridized carbons (Fsp3) is 0.692. The first-order valence-electron chi connectivity index (χ1n) is 6.43. The summed E-state index contributed by atoms with van der Waals surface area (Å²) in [5.74, 6) is 0.859. The van der Waals surface area contributed by atoms with Gasteiger partial charge in [-0.25, -0.2) is 9.97 Å². The van der Waals surface area contributed by atoms with Crippen molar-refractivity contribution in [1.29, 1.82) is 0 Å². The third-order valence-electron chi connectivity index (χ3n) is 3.08. The zero-order chi connectivity index (χ0) is 12.3. The van der Waals surface area contributed by atoms with Gasteiger partial charge in [-0.05, 0) is 38.8 Å². The third kappa shape index (κ3) is 3.93. The van der Waals surface area contributed by atoms with Crippen molar-refractivity contribution in [2.24, 2.45) is 0 Å². The molecule has 0 unspecified atom stereocenters. The minimum absolute atomic E-state index is 0.554. The minimum Gasteiger partial charge on any atom is -0.293 e. The second-order valence-corrected chi connectivity index (χ2v) is 5.19. The van der Waals surface area contributed by atoms with Gasteiger partial charge in [-0.2, -0.15) is 0 Å². The van der Waals surface area contributed by atoms with Gasteiger partial charge in [-0.15, -0.1) is 0 Å². The predicted octanol–water partition coefficient (Wildman–Crippen LogP) is 3.20. The van der Waals surface area contributed by atoms with E-state index in [1.807, 2.05) is 6.92 Å². The lowest BCUT2D eigenvalue weighted by molar-refractivity contribution is 0.244. The Morgan fingerprint density at radius 1 is 1.41 bits per heavy atom. The van der Waals surface area contributed by atoms with Crippen LogP contribution < -0.4 is 0 Å². The van der Waals surface area contributed by atoms with Crippen molar-refractivity contribution in [3.05, 3.63) is 22.7 Å². The van der Waals surface area contributed by atoms with E-state index >= 15 is 0 Å². The van der Waals surface area contributed by atoms with Crippen molar-refractivity contribution < 1.29 is 0 Å². The molecule has 1 aromatic heterocycles. The highest BCUT2D eigenvalue weighted by molar-refractivity contribution is 6.29. The van der Waals surface area contributed by atoms with Gasteiger partial charge in [0.2, 0.25) is 0 Å². The Kier molecular flexibility index (Phi) is 4.35. The largest absolute Gasteiger partial charge is 0.293 e. The summed E-state index contributed by atoms with van der Waals surface area (Å²) in [6.07, 6.45) is 5.13. The monoisotopic (exact) mass is 253 g/mol. The van der Waals surface area contributed by atoms with Gasteiger partial charge in [-0.1, -0.05) is 24.9 Å². The van der Waals surface area contributed by atoms with Gasteiger partial charge >= 0.3 is 0 Å². The second-order valence-electron chi connectivity index (χ2n) is 4.80. The molecule has 1 aliphatic carbocycles. The Balaban J connectivity index is 2.00. The first-order valence-corrected chi connectivity index (χ1v) is 6.81. The number of hydrogen-bond donors (Lipinski definition) is 0. The molecular weight excluding hydrogens is 234 g/mol. The van der Waals surface area contributed by atoms with Crippen molar-refractivity contribution in [3.63, 3.8) is 0 Å². The molecule has 17 heavy (non-hydrogen) atoms. The van der Waals surface area contributed by atoms with Gasteiger partial charge in [0.05, 0.1) is 6.54 Å². The van der Waals surface area contributed by atoms with Gasteiger partial charge < -0.3 is 0 Å². The molecule has 1 saturated carbocycles. The van der Waals surface area contributed by atoms with Gasteiger partial charge in [0.25, 0.3) is 0 Å². The fourth-order valence-corrected chi connectivity index (χ4v) is 2.29. The summed E-state index contributed by atoms with van der Waals surface area (Å²) in [6, 6.07) is 2.56. The molecule has 0 N–H and O–H groups in total. The van der Waals surface area contributed by atoms with E-state index in [0.29, 0.717) is 5.15 Å². The van der Waals surface area contributed by atoms with Crippen molar-refractivity contribution in [2.75, 3.05) is 6.54 Å². The van der Waals surface area contributed by atoms with E-state index in [9.17, 15) is 0 Å². The van der Waals surface area contributed by atoms with Gasteiger partial charge in [0.15, 0.2) is 0 Å². The van der Waals surface area contributed by atoms with Crippen LogP contribution in [0.15, 0.2) is 6.07 Å². The Bertz CT molecular complexity index is 357. The highest BCUT2D eigenvalue weighted by atomic mass is 35.5. The molecule has 1 aliphatic rings. The smallest absolute Gasteiger partial charge is 0.144 e. The quantitative estimate of drug-likeness (QED) is 0.729. The molecule has 2 rings (SSSR count). The molecule has 0 aromatic carbocycles. The van der Waals surface area contributed by atoms with Crippen LogP contribution in [0.4, 0.5) is 0 Å². The standard InChI is InChI=1S/C13H20ClN3/c1-3-4-7-17(11-5-6-11)9-13-15-10(2)8-12(14)16-13/h8,11H,3-7,9H2,1-2H3. The number of rotatable bonds is 6. The first-order chi connectivity index (χ1) is 8.19. The molecule has 1 aromatic rings. The molecule has 0 amide bonds. The highest BCUT2D eigenvalue weighted by Crippen LogP contribution is 2.28. The van der Waals surface area contributed by atoms with Crippen LogP contribution in [-0.2, 0) is 6.54 Å². The zero-order valence-corrected chi connectivity index (χ0v) is 11.4. The fourth-order valence-electron chi connectivity index (χ4n) is 2.03. The van der Waals surface area contributed by atoms with Crippen molar-refractivity contribution in [1.82, 2.24) is 14.9 Å². The third-order valence-corrected chi connectivity index (χ3v) is 3.27. The minimum atomic E-state index is 0.554. The van der Waals surface area contributed by atoms with Gasteiger partial charge in [-0.3, -0.25) is 4.90 Å². The van der Waals surface area contributed by atoms with Crippen LogP contribution in [0.3, 0.4) is 0 Å². The SMILES string of the molecule is CCCCN(Cc1nc(C)cc(Cl)n1)C1CC1. The molecule has 0 bridgehead atoms. The van der Waals surface area contributed by atoms with E-state index in [1.165, 1.54) is 25.7 Å². The summed E-state index contributed by atoms with van der Waals surface area (Å²) in [4.78, 5) is 11.3. The van der Waals surface area contributed by atoms with Crippen LogP contribution >= 0.6 is 11.6 Å². The van der Waals surface area contributed by atoms with Crippen LogP contribution in [-0.4, -0.2) is 27.5 Å². The van der Waals surface area contributed by atoms with Crippen LogP contribution in [0.2, 0.25) is 5.15 Å². The lowest BCUT2D eigenvalue weighted by Gasteiger charge is -2.20. The van der Waals surface area contributed by atoms with E-state index in [0.717, 1.165) is 30.6 Å². The van der Waals surface area contributed by atoms with Crippen LogP contribution in [0.5, 0.6) is 0 Å². The summed E-state index contributed by atoms with van der Waals surface area (Å²) < 4.78 is 0. The number of aromatic nitrogens is 2. The number of nitrogens with zero attached hydrogens (tertiary/aromatic N) is 3. The molecule has 3 nitrogen and oxygen atoms in total. The number of halogens is 1. The van der Waals surface area contributed by atoms with Crippen molar-refractivity contribution in [2.45, 2.75) is 52.1 Å². The zero-order valence-electron chi connectivity index (χ0n) is 10.6. The molecule has 1 fully saturated rings. The maximum absolute atomic E-state index is 5.96. The maximum atomic E-state index is 5.96. The summed E-state index contributed by atoms with van der Waals surface area (Å²) in [6.45, 7) is 6.18. The maximum Gasteiger partial charge on any atom is 0.144 e. The lowest BCUT2D eigenvalue weighted by atomic mass is 10.3. The Morgan fingerprint density at radius 3 is 2.76 bits per heavy atom. The first kappa shape index (κ1) is 12.8. The predicted molar refractivity (Wildman–Crippen MR) is 70.1 cm³/mol. The number of aryl methyl sites for hydroxylation is 1. The number of unbranched alkanes of at least 4 members (excludes halogenated alkanes) is 1. The van der Waals surface area contributed by atoms with Crippen LogP contribution in [0, 0.1) is 6.92 Å². The summed E-state index contributed by atoms with van der Waals surface area (Å²) in [5, 5.41) is 0.554. The average molecular weight is 254 g/mol. The molecule has 0 aliphatic heterocycles. The Labute approximate surface area is 108 Å². The van der Waals surface area contributed by atoms with E-state index in [2.05, 4.69) is 21.8 Å². The second kappa shape index (κ2) is 5.78. The van der Waals surface area contributed by atoms with Crippen LogP contribution in [0.25, 0.3) is 0 Å².